The lowest BCUT2D eigenvalue weighted by molar-refractivity contribution is 0.485. The zero-order valence-electron chi connectivity index (χ0n) is 9.56. The number of nitrogens with zero attached hydrogens (tertiary/aromatic N) is 1. The van der Waals surface area contributed by atoms with Gasteiger partial charge in [0.25, 0.3) is 5.22 Å². The van der Waals surface area contributed by atoms with Crippen molar-refractivity contribution in [2.24, 2.45) is 0 Å². The highest BCUT2D eigenvalue weighted by Crippen LogP contribution is 2.34. The van der Waals surface area contributed by atoms with Gasteiger partial charge >= 0.3 is 0 Å². The molecular formula is C13H8F2N2OS. The fraction of sp³-hybridized carbons (Fsp3) is 0. The van der Waals surface area contributed by atoms with Crippen LogP contribution in [0.4, 0.5) is 14.5 Å². The smallest absolute Gasteiger partial charge is 0.261 e. The van der Waals surface area contributed by atoms with Gasteiger partial charge in [-0.1, -0.05) is 12.1 Å². The Bertz CT molecular complexity index is 701. The summed E-state index contributed by atoms with van der Waals surface area (Å²) in [6.07, 6.45) is 0. The first-order chi connectivity index (χ1) is 9.13. The van der Waals surface area contributed by atoms with Crippen LogP contribution >= 0.6 is 11.8 Å². The van der Waals surface area contributed by atoms with E-state index in [1.54, 1.807) is 18.2 Å². The minimum atomic E-state index is -0.732. The van der Waals surface area contributed by atoms with Crippen LogP contribution in [-0.2, 0) is 0 Å². The van der Waals surface area contributed by atoms with E-state index in [2.05, 4.69) is 4.98 Å². The minimum Gasteiger partial charge on any atom is -0.431 e. The molecule has 0 saturated carbocycles. The number of nitrogens with two attached hydrogens (primary N) is 1. The first-order valence-electron chi connectivity index (χ1n) is 5.41. The highest BCUT2D eigenvalue weighted by atomic mass is 32.2. The van der Waals surface area contributed by atoms with Crippen molar-refractivity contribution >= 4 is 28.5 Å². The molecule has 0 bridgehead atoms. The van der Waals surface area contributed by atoms with E-state index < -0.39 is 11.6 Å². The number of anilines is 1. The first-order valence-corrected chi connectivity index (χ1v) is 6.23. The summed E-state index contributed by atoms with van der Waals surface area (Å²) in [5, 5.41) is 0.184. The third kappa shape index (κ3) is 2.26. The van der Waals surface area contributed by atoms with E-state index in [0.717, 1.165) is 23.9 Å². The highest BCUT2D eigenvalue weighted by Gasteiger charge is 2.15. The van der Waals surface area contributed by atoms with Crippen LogP contribution in [0.5, 0.6) is 0 Å². The normalized spacial score (nSPS) is 11.1. The van der Waals surface area contributed by atoms with Crippen molar-refractivity contribution < 1.29 is 13.2 Å². The summed E-state index contributed by atoms with van der Waals surface area (Å²) in [6, 6.07) is 9.23. The average Bonchev–Trinajstić information content (AvgIpc) is 2.76. The molecule has 0 amide bonds. The summed E-state index contributed by atoms with van der Waals surface area (Å²) in [7, 11) is 0. The summed E-state index contributed by atoms with van der Waals surface area (Å²) in [4.78, 5) is 3.96. The van der Waals surface area contributed by atoms with E-state index in [4.69, 9.17) is 10.2 Å². The Morgan fingerprint density at radius 3 is 2.47 bits per heavy atom. The molecule has 0 atom stereocenters. The molecule has 2 aromatic carbocycles. The predicted molar refractivity (Wildman–Crippen MR) is 68.9 cm³/mol. The molecule has 19 heavy (non-hydrogen) atoms. The molecular weight excluding hydrogens is 270 g/mol. The maximum absolute atomic E-state index is 13.6. The van der Waals surface area contributed by atoms with E-state index in [-0.39, 0.29) is 15.8 Å². The van der Waals surface area contributed by atoms with E-state index in [1.165, 1.54) is 0 Å². The van der Waals surface area contributed by atoms with Gasteiger partial charge in [-0.25, -0.2) is 13.8 Å². The molecule has 0 spiro atoms. The Morgan fingerprint density at radius 2 is 1.79 bits per heavy atom. The molecule has 6 heteroatoms. The number of rotatable bonds is 2. The van der Waals surface area contributed by atoms with Crippen LogP contribution in [0.3, 0.4) is 0 Å². The second-order valence-corrected chi connectivity index (χ2v) is 4.82. The quantitative estimate of drug-likeness (QED) is 0.724. The second kappa shape index (κ2) is 4.55. The lowest BCUT2D eigenvalue weighted by Gasteiger charge is -2.02. The summed E-state index contributed by atoms with van der Waals surface area (Å²) < 4.78 is 32.7. The summed E-state index contributed by atoms with van der Waals surface area (Å²) in [6.45, 7) is 0. The molecule has 2 N–H and O–H groups in total. The number of oxazole rings is 1. The van der Waals surface area contributed by atoms with Gasteiger partial charge in [0.05, 0.1) is 4.90 Å². The standard InChI is InChI=1S/C13H8F2N2OS/c14-8-5-7(16)6-9(15)12(8)19-13-17-10-3-1-2-4-11(10)18-13/h1-6H,16H2. The van der Waals surface area contributed by atoms with Crippen molar-refractivity contribution in [3.05, 3.63) is 48.0 Å². The second-order valence-electron chi connectivity index (χ2n) is 3.86. The summed E-state index contributed by atoms with van der Waals surface area (Å²) in [5.74, 6) is -1.46. The molecule has 0 radical (unpaired) electrons. The number of benzene rings is 2. The molecule has 0 saturated heterocycles. The molecule has 0 aliphatic carbocycles. The Labute approximate surface area is 111 Å². The van der Waals surface area contributed by atoms with Crippen molar-refractivity contribution in [1.29, 1.82) is 0 Å². The fourth-order valence-electron chi connectivity index (χ4n) is 1.66. The van der Waals surface area contributed by atoms with Gasteiger partial charge in [0.15, 0.2) is 5.58 Å². The zero-order valence-corrected chi connectivity index (χ0v) is 10.4. The Balaban J connectivity index is 2.01. The van der Waals surface area contributed by atoms with Crippen molar-refractivity contribution in [2.45, 2.75) is 10.1 Å². The zero-order chi connectivity index (χ0) is 13.4. The molecule has 3 aromatic rings. The van der Waals surface area contributed by atoms with Crippen LogP contribution in [0.1, 0.15) is 0 Å². The highest BCUT2D eigenvalue weighted by molar-refractivity contribution is 7.99. The monoisotopic (exact) mass is 278 g/mol. The molecule has 3 nitrogen and oxygen atoms in total. The lowest BCUT2D eigenvalue weighted by atomic mass is 10.3. The van der Waals surface area contributed by atoms with Crippen molar-refractivity contribution in [1.82, 2.24) is 4.98 Å². The van der Waals surface area contributed by atoms with Gasteiger partial charge in [-0.2, -0.15) is 0 Å². The van der Waals surface area contributed by atoms with Crippen LogP contribution in [0.2, 0.25) is 0 Å². The number of hydrogen-bond acceptors (Lipinski definition) is 4. The largest absolute Gasteiger partial charge is 0.431 e. The molecule has 0 aliphatic heterocycles. The SMILES string of the molecule is Nc1cc(F)c(Sc2nc3ccccc3o2)c(F)c1. The van der Waals surface area contributed by atoms with Crippen LogP contribution in [0.15, 0.2) is 50.9 Å². The van der Waals surface area contributed by atoms with Crippen molar-refractivity contribution in [2.75, 3.05) is 5.73 Å². The van der Waals surface area contributed by atoms with Gasteiger partial charge in [0, 0.05) is 5.69 Å². The number of hydrogen-bond donors (Lipinski definition) is 1. The lowest BCUT2D eigenvalue weighted by Crippen LogP contribution is -1.92. The number of halogens is 2. The molecule has 96 valence electrons. The van der Waals surface area contributed by atoms with Gasteiger partial charge in [-0.15, -0.1) is 0 Å². The van der Waals surface area contributed by atoms with Crippen LogP contribution in [0, 0.1) is 11.6 Å². The van der Waals surface area contributed by atoms with Gasteiger partial charge in [-0.3, -0.25) is 0 Å². The number of para-hydroxylation sites is 2. The summed E-state index contributed by atoms with van der Waals surface area (Å²) in [5.41, 5.74) is 6.60. The van der Waals surface area contributed by atoms with E-state index in [9.17, 15) is 8.78 Å². The van der Waals surface area contributed by atoms with Crippen LogP contribution in [0.25, 0.3) is 11.1 Å². The maximum Gasteiger partial charge on any atom is 0.261 e. The third-order valence-electron chi connectivity index (χ3n) is 2.48. The van der Waals surface area contributed by atoms with Crippen molar-refractivity contribution in [3.63, 3.8) is 0 Å². The topological polar surface area (TPSA) is 52.0 Å². The fourth-order valence-corrected chi connectivity index (χ4v) is 2.42. The third-order valence-corrected chi connectivity index (χ3v) is 3.43. The van der Waals surface area contributed by atoms with Gasteiger partial charge in [-0.05, 0) is 36.0 Å². The molecule has 0 unspecified atom stereocenters. The van der Waals surface area contributed by atoms with E-state index in [1.807, 2.05) is 6.07 Å². The number of fused-ring (bicyclic) bond motifs is 1. The Morgan fingerprint density at radius 1 is 1.11 bits per heavy atom. The van der Waals surface area contributed by atoms with Gasteiger partial charge < -0.3 is 10.2 Å². The molecule has 0 fully saturated rings. The first kappa shape index (κ1) is 12.0. The molecule has 1 heterocycles. The number of aromatic nitrogens is 1. The Kier molecular flexibility index (Phi) is 2.87. The van der Waals surface area contributed by atoms with E-state index >= 15 is 0 Å². The minimum absolute atomic E-state index is 0.0388. The molecule has 0 aliphatic rings. The Hall–Kier alpha value is -2.08. The van der Waals surface area contributed by atoms with Crippen LogP contribution in [-0.4, -0.2) is 4.98 Å². The van der Waals surface area contributed by atoms with E-state index in [0.29, 0.717) is 11.1 Å². The molecule has 3 rings (SSSR count). The van der Waals surface area contributed by atoms with Gasteiger partial charge in [0.2, 0.25) is 0 Å². The number of nitrogen functional groups attached to an aromatic ring is 1. The molecule has 1 aromatic heterocycles. The van der Waals surface area contributed by atoms with Gasteiger partial charge in [0.1, 0.15) is 17.2 Å². The average molecular weight is 278 g/mol. The summed E-state index contributed by atoms with van der Waals surface area (Å²) >= 11 is 0.792. The maximum atomic E-state index is 13.6. The predicted octanol–water partition coefficient (Wildman–Crippen LogP) is 3.84. The van der Waals surface area contributed by atoms with Crippen molar-refractivity contribution in [3.8, 4) is 0 Å². The van der Waals surface area contributed by atoms with Crippen LogP contribution < -0.4 is 5.73 Å².